The first-order valence-electron chi connectivity index (χ1n) is 9.14. The number of piperidine rings is 1. The molecule has 1 saturated heterocycles. The molecular weight excluding hydrogens is 286 g/mol. The highest BCUT2D eigenvalue weighted by Crippen LogP contribution is 2.44. The van der Waals surface area contributed by atoms with Crippen LogP contribution in [0.1, 0.15) is 73.6 Å². The molecule has 1 fully saturated rings. The van der Waals surface area contributed by atoms with Crippen LogP contribution in [0.4, 0.5) is 0 Å². The van der Waals surface area contributed by atoms with Crippen molar-refractivity contribution in [1.29, 1.82) is 0 Å². The van der Waals surface area contributed by atoms with Crippen molar-refractivity contribution >= 4 is 5.78 Å². The van der Waals surface area contributed by atoms with E-state index < -0.39 is 0 Å². The number of ketones is 1. The van der Waals surface area contributed by atoms with Gasteiger partial charge in [-0.05, 0) is 52.0 Å². The molecule has 0 aromatic rings. The van der Waals surface area contributed by atoms with Crippen LogP contribution in [-0.2, 0) is 9.63 Å². The number of carbonyl (C=O) groups is 1. The molecule has 2 rings (SSSR count). The van der Waals surface area contributed by atoms with Gasteiger partial charge in [-0.15, -0.1) is 0 Å². The van der Waals surface area contributed by atoms with E-state index in [1.54, 1.807) is 0 Å². The van der Waals surface area contributed by atoms with Crippen LogP contribution in [0.25, 0.3) is 0 Å². The predicted octanol–water partition coefficient (Wildman–Crippen LogP) is 4.83. The second-order valence-electron chi connectivity index (χ2n) is 7.68. The Kier molecular flexibility index (Phi) is 5.52. The molecule has 0 amide bonds. The molecule has 4 atom stereocenters. The van der Waals surface area contributed by atoms with Gasteiger partial charge in [0.2, 0.25) is 0 Å². The molecule has 0 spiro atoms. The third kappa shape index (κ3) is 3.32. The lowest BCUT2D eigenvalue weighted by molar-refractivity contribution is -0.307. The molecule has 1 aliphatic carbocycles. The molecule has 0 N–H and O–H groups in total. The monoisotopic (exact) mass is 319 g/mol. The van der Waals surface area contributed by atoms with Gasteiger partial charge < -0.3 is 0 Å². The first-order chi connectivity index (χ1) is 10.8. The average Bonchev–Trinajstić information content (AvgIpc) is 2.57. The summed E-state index contributed by atoms with van der Waals surface area (Å²) in [6.07, 6.45) is 11.1. The van der Waals surface area contributed by atoms with Crippen molar-refractivity contribution in [2.75, 3.05) is 0 Å². The highest BCUT2D eigenvalue weighted by atomic mass is 16.7. The zero-order chi connectivity index (χ0) is 17.3. The Morgan fingerprint density at radius 3 is 2.57 bits per heavy atom. The minimum Gasteiger partial charge on any atom is -0.299 e. The molecule has 0 aromatic heterocycles. The van der Waals surface area contributed by atoms with Crippen molar-refractivity contribution in [2.45, 2.75) is 90.8 Å². The van der Waals surface area contributed by atoms with Crippen molar-refractivity contribution in [1.82, 2.24) is 5.06 Å². The van der Waals surface area contributed by atoms with Crippen LogP contribution < -0.4 is 0 Å². The van der Waals surface area contributed by atoms with Crippen molar-refractivity contribution < 1.29 is 9.63 Å². The van der Waals surface area contributed by atoms with Gasteiger partial charge in [-0.3, -0.25) is 9.63 Å². The summed E-state index contributed by atoms with van der Waals surface area (Å²) < 4.78 is 0. The molecule has 3 nitrogen and oxygen atoms in total. The summed E-state index contributed by atoms with van der Waals surface area (Å²) in [6, 6.07) is 0. The van der Waals surface area contributed by atoms with Gasteiger partial charge in [0.15, 0.2) is 0 Å². The van der Waals surface area contributed by atoms with Crippen LogP contribution in [0.2, 0.25) is 0 Å². The lowest BCUT2D eigenvalue weighted by Crippen LogP contribution is -2.67. The van der Waals surface area contributed by atoms with Crippen molar-refractivity contribution in [3.8, 4) is 0 Å². The Labute approximate surface area is 141 Å². The summed E-state index contributed by atoms with van der Waals surface area (Å²) in [6.45, 7) is 12.9. The van der Waals surface area contributed by atoms with Crippen molar-refractivity contribution in [3.05, 3.63) is 23.8 Å². The van der Waals surface area contributed by atoms with Crippen LogP contribution in [-0.4, -0.2) is 28.0 Å². The predicted molar refractivity (Wildman–Crippen MR) is 95.0 cm³/mol. The minimum absolute atomic E-state index is 0.000411. The number of hydrogen-bond donors (Lipinski definition) is 0. The summed E-state index contributed by atoms with van der Waals surface area (Å²) in [5.41, 5.74) is 0.863. The number of Topliss-reactive ketones (excluding diaryl/α,β-unsaturated/α-hetero) is 1. The van der Waals surface area contributed by atoms with Crippen LogP contribution in [0.15, 0.2) is 23.8 Å². The molecule has 0 radical (unpaired) electrons. The summed E-state index contributed by atoms with van der Waals surface area (Å²) in [7, 11) is 0. The van der Waals surface area contributed by atoms with E-state index in [4.69, 9.17) is 4.84 Å². The maximum absolute atomic E-state index is 12.6. The van der Waals surface area contributed by atoms with Gasteiger partial charge in [0.1, 0.15) is 5.78 Å². The number of carbonyl (C=O) groups excluding carboxylic acids is 1. The highest BCUT2D eigenvalue weighted by molar-refractivity contribution is 5.84. The zero-order valence-electron chi connectivity index (χ0n) is 15.7. The average molecular weight is 319 g/mol. The van der Waals surface area contributed by atoms with E-state index in [0.717, 1.165) is 25.7 Å². The first-order valence-corrected chi connectivity index (χ1v) is 9.14. The Balaban J connectivity index is 2.31. The standard InChI is InChI=1S/C20H33NO2/c1-7-19(5)14-18(22)15(3)20(6,8-2)21(19)23-16(4)17-12-10-9-11-13-17/h9-10,12,15-16H,7-8,11,13-14H2,1-6H3. The number of allylic oxidation sites excluding steroid dienone is 3. The van der Waals surface area contributed by atoms with Crippen LogP contribution in [0, 0.1) is 5.92 Å². The lowest BCUT2D eigenvalue weighted by atomic mass is 9.70. The minimum atomic E-state index is -0.251. The molecular formula is C20H33NO2. The van der Waals surface area contributed by atoms with Gasteiger partial charge in [-0.25, -0.2) is 0 Å². The van der Waals surface area contributed by atoms with E-state index in [1.807, 2.05) is 0 Å². The molecule has 0 saturated carbocycles. The Morgan fingerprint density at radius 2 is 2.04 bits per heavy atom. The third-order valence-electron chi connectivity index (χ3n) is 6.23. The zero-order valence-corrected chi connectivity index (χ0v) is 15.7. The fraction of sp³-hybridized carbons (Fsp3) is 0.750. The maximum atomic E-state index is 12.6. The molecule has 1 aliphatic heterocycles. The number of rotatable bonds is 5. The molecule has 2 aliphatic rings. The highest BCUT2D eigenvalue weighted by Gasteiger charge is 2.54. The van der Waals surface area contributed by atoms with Crippen LogP contribution in [0.3, 0.4) is 0 Å². The quantitative estimate of drug-likeness (QED) is 0.727. The normalized spacial score (nSPS) is 36.9. The SMILES string of the molecule is CCC1(C)CC(=O)C(C)C(C)(CC)N1OC(C)C1=CC=CCC1. The van der Waals surface area contributed by atoms with Gasteiger partial charge in [-0.1, -0.05) is 39.0 Å². The first kappa shape index (κ1) is 18.4. The molecule has 0 aromatic carbocycles. The molecule has 130 valence electrons. The largest absolute Gasteiger partial charge is 0.299 e. The van der Waals surface area contributed by atoms with Gasteiger partial charge in [-0.2, -0.15) is 5.06 Å². The molecule has 0 bridgehead atoms. The van der Waals surface area contributed by atoms with E-state index in [0.29, 0.717) is 12.2 Å². The summed E-state index contributed by atoms with van der Waals surface area (Å²) in [5.74, 6) is 0.366. The van der Waals surface area contributed by atoms with E-state index in [2.05, 4.69) is 64.8 Å². The molecule has 4 unspecified atom stereocenters. The van der Waals surface area contributed by atoms with Crippen LogP contribution >= 0.6 is 0 Å². The van der Waals surface area contributed by atoms with Gasteiger partial charge in [0.05, 0.1) is 17.2 Å². The molecule has 23 heavy (non-hydrogen) atoms. The Bertz CT molecular complexity index is 510. The Hall–Kier alpha value is -0.930. The second kappa shape index (κ2) is 6.90. The molecule has 3 heteroatoms. The Morgan fingerprint density at radius 1 is 1.35 bits per heavy atom. The van der Waals surface area contributed by atoms with E-state index in [1.165, 1.54) is 5.57 Å². The van der Waals surface area contributed by atoms with Crippen LogP contribution in [0.5, 0.6) is 0 Å². The van der Waals surface area contributed by atoms with Gasteiger partial charge >= 0.3 is 0 Å². The van der Waals surface area contributed by atoms with Gasteiger partial charge in [0.25, 0.3) is 0 Å². The second-order valence-corrected chi connectivity index (χ2v) is 7.68. The topological polar surface area (TPSA) is 29.5 Å². The summed E-state index contributed by atoms with van der Waals surface area (Å²) >= 11 is 0. The fourth-order valence-corrected chi connectivity index (χ4v) is 3.89. The summed E-state index contributed by atoms with van der Waals surface area (Å²) in [4.78, 5) is 19.1. The number of hydroxylamine groups is 2. The molecule has 1 heterocycles. The van der Waals surface area contributed by atoms with Crippen molar-refractivity contribution in [2.24, 2.45) is 5.92 Å². The smallest absolute Gasteiger partial charge is 0.139 e. The number of nitrogens with zero attached hydrogens (tertiary/aromatic N) is 1. The maximum Gasteiger partial charge on any atom is 0.139 e. The summed E-state index contributed by atoms with van der Waals surface area (Å²) in [5, 5.41) is 2.19. The van der Waals surface area contributed by atoms with E-state index in [9.17, 15) is 4.79 Å². The van der Waals surface area contributed by atoms with E-state index in [-0.39, 0.29) is 23.1 Å². The van der Waals surface area contributed by atoms with E-state index >= 15 is 0 Å². The van der Waals surface area contributed by atoms with Gasteiger partial charge in [0, 0.05) is 12.3 Å². The number of hydrogen-bond acceptors (Lipinski definition) is 3. The van der Waals surface area contributed by atoms with Crippen molar-refractivity contribution in [3.63, 3.8) is 0 Å². The third-order valence-corrected chi connectivity index (χ3v) is 6.23. The fourth-order valence-electron chi connectivity index (χ4n) is 3.89. The lowest BCUT2D eigenvalue weighted by Gasteiger charge is -2.56.